The molecule has 5 aromatic rings. The summed E-state index contributed by atoms with van der Waals surface area (Å²) in [4.78, 5) is 18.2. The fraction of sp³-hybridized carbons (Fsp3) is 0.0476. The second-order valence-corrected chi connectivity index (χ2v) is 8.04. The van der Waals surface area contributed by atoms with Crippen molar-refractivity contribution in [2.75, 3.05) is 5.32 Å². The van der Waals surface area contributed by atoms with Gasteiger partial charge in [0.05, 0.1) is 23.3 Å². The highest BCUT2D eigenvalue weighted by molar-refractivity contribution is 7.13. The molecule has 0 saturated carbocycles. The average molecular weight is 453 g/mol. The van der Waals surface area contributed by atoms with Crippen molar-refractivity contribution in [2.24, 2.45) is 0 Å². The molecule has 0 saturated heterocycles. The molecule has 0 bridgehead atoms. The highest BCUT2D eigenvalue weighted by Crippen LogP contribution is 2.25. The predicted molar refractivity (Wildman–Crippen MR) is 117 cm³/mol. The summed E-state index contributed by atoms with van der Waals surface area (Å²) in [5.74, 6) is -0.390. The highest BCUT2D eigenvalue weighted by Gasteiger charge is 2.17. The van der Waals surface area contributed by atoms with Crippen LogP contribution in [0.1, 0.15) is 15.9 Å². The second kappa shape index (κ2) is 7.93. The van der Waals surface area contributed by atoms with Crippen LogP contribution in [-0.4, -0.2) is 30.3 Å². The van der Waals surface area contributed by atoms with Crippen LogP contribution in [0.25, 0.3) is 16.2 Å². The maximum absolute atomic E-state index is 13.2. The standard InChI is InChI=1S/C21H14ClFN6OS/c22-16-10-14(23)4-3-13(16)12-28-8-6-19(27-28)26-21(30)15-11-25-29-17(5-7-24-20(15)29)18-2-1-9-31-18/h1-11H,12H2,(H,26,27,30). The number of nitrogens with one attached hydrogen (secondary N) is 1. The number of hydrogen-bond acceptors (Lipinski definition) is 5. The molecule has 154 valence electrons. The highest BCUT2D eigenvalue weighted by atomic mass is 35.5. The lowest BCUT2D eigenvalue weighted by molar-refractivity contribution is 0.102. The third-order valence-electron chi connectivity index (χ3n) is 4.65. The van der Waals surface area contributed by atoms with Crippen LogP contribution in [0.3, 0.4) is 0 Å². The number of anilines is 1. The second-order valence-electron chi connectivity index (χ2n) is 6.69. The molecule has 1 amide bonds. The van der Waals surface area contributed by atoms with Crippen molar-refractivity contribution in [2.45, 2.75) is 6.54 Å². The normalized spacial score (nSPS) is 11.2. The maximum Gasteiger partial charge on any atom is 0.262 e. The van der Waals surface area contributed by atoms with Crippen molar-refractivity contribution in [3.8, 4) is 10.6 Å². The average Bonchev–Trinajstić information content (AvgIpc) is 3.50. The summed E-state index contributed by atoms with van der Waals surface area (Å²) in [6, 6.07) is 11.7. The number of rotatable bonds is 5. The molecule has 0 aliphatic heterocycles. The van der Waals surface area contributed by atoms with Crippen molar-refractivity contribution in [1.82, 2.24) is 24.4 Å². The van der Waals surface area contributed by atoms with Gasteiger partial charge in [-0.2, -0.15) is 10.2 Å². The Morgan fingerprint density at radius 3 is 2.94 bits per heavy atom. The third kappa shape index (κ3) is 3.80. The molecule has 1 N–H and O–H groups in total. The molecule has 0 spiro atoms. The number of carbonyl (C=O) groups excluding carboxylic acids is 1. The molecule has 0 aliphatic carbocycles. The number of fused-ring (bicyclic) bond motifs is 1. The summed E-state index contributed by atoms with van der Waals surface area (Å²) in [6.07, 6.45) is 4.85. The molecule has 0 fully saturated rings. The number of nitrogens with zero attached hydrogens (tertiary/aromatic N) is 5. The van der Waals surface area contributed by atoms with E-state index >= 15 is 0 Å². The summed E-state index contributed by atoms with van der Waals surface area (Å²) in [7, 11) is 0. The minimum atomic E-state index is -0.397. The first-order chi connectivity index (χ1) is 15.1. The lowest BCUT2D eigenvalue weighted by atomic mass is 10.2. The zero-order valence-corrected chi connectivity index (χ0v) is 17.4. The van der Waals surface area contributed by atoms with Gasteiger partial charge in [0.25, 0.3) is 5.91 Å². The molecule has 0 atom stereocenters. The first-order valence-corrected chi connectivity index (χ1v) is 10.5. The van der Waals surface area contributed by atoms with Crippen molar-refractivity contribution in [3.63, 3.8) is 0 Å². The van der Waals surface area contributed by atoms with Gasteiger partial charge in [0.1, 0.15) is 11.4 Å². The number of halogens is 2. The van der Waals surface area contributed by atoms with Crippen LogP contribution in [0.15, 0.2) is 66.4 Å². The van der Waals surface area contributed by atoms with Crippen molar-refractivity contribution < 1.29 is 9.18 Å². The number of carbonyl (C=O) groups is 1. The topological polar surface area (TPSA) is 77.1 Å². The first kappa shape index (κ1) is 19.4. The van der Waals surface area contributed by atoms with E-state index in [4.69, 9.17) is 11.6 Å². The molecule has 1 aromatic carbocycles. The van der Waals surface area contributed by atoms with E-state index in [9.17, 15) is 9.18 Å². The monoisotopic (exact) mass is 452 g/mol. The van der Waals surface area contributed by atoms with Crippen molar-refractivity contribution in [1.29, 1.82) is 0 Å². The first-order valence-electron chi connectivity index (χ1n) is 9.24. The Morgan fingerprint density at radius 2 is 2.13 bits per heavy atom. The molecule has 4 aromatic heterocycles. The molecular formula is C21H14ClFN6OS. The van der Waals surface area contributed by atoms with Gasteiger partial charge in [-0.3, -0.25) is 9.48 Å². The Hall–Kier alpha value is -3.56. The lowest BCUT2D eigenvalue weighted by Crippen LogP contribution is -2.13. The van der Waals surface area contributed by atoms with E-state index in [-0.39, 0.29) is 5.91 Å². The molecule has 7 nitrogen and oxygen atoms in total. The van der Waals surface area contributed by atoms with Crippen molar-refractivity contribution in [3.05, 3.63) is 88.4 Å². The van der Waals surface area contributed by atoms with Crippen LogP contribution in [0.4, 0.5) is 10.2 Å². The minimum Gasteiger partial charge on any atom is -0.305 e. The number of amides is 1. The van der Waals surface area contributed by atoms with Crippen molar-refractivity contribution >= 4 is 40.3 Å². The molecule has 0 unspecified atom stereocenters. The Kier molecular flexibility index (Phi) is 4.97. The van der Waals surface area contributed by atoms with Gasteiger partial charge in [-0.05, 0) is 35.2 Å². The van der Waals surface area contributed by atoms with E-state index in [1.165, 1.54) is 18.3 Å². The molecule has 4 heterocycles. The lowest BCUT2D eigenvalue weighted by Gasteiger charge is -2.05. The van der Waals surface area contributed by atoms with E-state index in [1.54, 1.807) is 45.1 Å². The van der Waals surface area contributed by atoms with Gasteiger partial charge in [0.2, 0.25) is 0 Å². The quantitative estimate of drug-likeness (QED) is 0.417. The van der Waals surface area contributed by atoms with E-state index in [1.807, 2.05) is 23.6 Å². The SMILES string of the molecule is O=C(Nc1ccn(Cc2ccc(F)cc2Cl)n1)c1cnn2c(-c3cccs3)ccnc12. The van der Waals surface area contributed by atoms with E-state index in [0.717, 1.165) is 16.1 Å². The van der Waals surface area contributed by atoms with Gasteiger partial charge >= 0.3 is 0 Å². The number of aromatic nitrogens is 5. The van der Waals surface area contributed by atoms with Crippen LogP contribution >= 0.6 is 22.9 Å². The van der Waals surface area contributed by atoms with Crippen LogP contribution in [0.5, 0.6) is 0 Å². The van der Waals surface area contributed by atoms with Gasteiger partial charge in [-0.15, -0.1) is 11.3 Å². The predicted octanol–water partition coefficient (Wildman–Crippen LogP) is 4.75. The molecule has 5 rings (SSSR count). The molecular weight excluding hydrogens is 439 g/mol. The van der Waals surface area contributed by atoms with Gasteiger partial charge in [0, 0.05) is 23.5 Å². The fourth-order valence-corrected chi connectivity index (χ4v) is 4.15. The smallest absolute Gasteiger partial charge is 0.262 e. The van der Waals surface area contributed by atoms with Crippen LogP contribution in [-0.2, 0) is 6.54 Å². The number of benzene rings is 1. The Morgan fingerprint density at radius 1 is 1.23 bits per heavy atom. The summed E-state index contributed by atoms with van der Waals surface area (Å²) in [5, 5.41) is 13.8. The molecule has 31 heavy (non-hydrogen) atoms. The number of thiophene rings is 1. The Labute approximate surface area is 184 Å². The molecule has 0 aliphatic rings. The van der Waals surface area contributed by atoms with Gasteiger partial charge in [0.15, 0.2) is 11.5 Å². The minimum absolute atomic E-state index is 0.319. The van der Waals surface area contributed by atoms with E-state index in [0.29, 0.717) is 28.6 Å². The van der Waals surface area contributed by atoms with Crippen LogP contribution < -0.4 is 5.32 Å². The fourth-order valence-electron chi connectivity index (χ4n) is 3.19. The van der Waals surface area contributed by atoms with Gasteiger partial charge in [-0.25, -0.2) is 13.9 Å². The largest absolute Gasteiger partial charge is 0.305 e. The van der Waals surface area contributed by atoms with Crippen LogP contribution in [0.2, 0.25) is 5.02 Å². The summed E-state index contributed by atoms with van der Waals surface area (Å²) in [6.45, 7) is 0.345. The van der Waals surface area contributed by atoms with Crippen LogP contribution in [0, 0.1) is 5.82 Å². The molecule has 0 radical (unpaired) electrons. The summed E-state index contributed by atoms with van der Waals surface area (Å²) < 4.78 is 16.5. The van der Waals surface area contributed by atoms with E-state index < -0.39 is 5.82 Å². The zero-order valence-electron chi connectivity index (χ0n) is 15.9. The Balaban J connectivity index is 1.36. The van der Waals surface area contributed by atoms with Gasteiger partial charge in [-0.1, -0.05) is 23.7 Å². The van der Waals surface area contributed by atoms with Gasteiger partial charge < -0.3 is 5.32 Å². The zero-order chi connectivity index (χ0) is 21.4. The summed E-state index contributed by atoms with van der Waals surface area (Å²) >= 11 is 7.66. The number of hydrogen-bond donors (Lipinski definition) is 1. The maximum atomic E-state index is 13.2. The Bertz CT molecular complexity index is 1390. The third-order valence-corrected chi connectivity index (χ3v) is 5.89. The summed E-state index contributed by atoms with van der Waals surface area (Å²) in [5.41, 5.74) is 2.38. The van der Waals surface area contributed by atoms with E-state index in [2.05, 4.69) is 20.5 Å². The molecule has 10 heteroatoms.